The quantitative estimate of drug-likeness (QED) is 0.757. The van der Waals surface area contributed by atoms with Gasteiger partial charge in [-0.05, 0) is 49.4 Å². The number of amides is 1. The molecule has 0 aliphatic heterocycles. The Balaban J connectivity index is 1.69. The first-order valence-electron chi connectivity index (χ1n) is 8.61. The summed E-state index contributed by atoms with van der Waals surface area (Å²) in [5.41, 5.74) is 6.05. The van der Waals surface area contributed by atoms with Gasteiger partial charge in [-0.15, -0.1) is 11.8 Å². The molecule has 3 nitrogen and oxygen atoms in total. The summed E-state index contributed by atoms with van der Waals surface area (Å²) in [6.45, 7) is 6.99. The molecule has 2 aromatic carbocycles. The number of aliphatic hydroxyl groups excluding tert-OH is 1. The van der Waals surface area contributed by atoms with Crippen molar-refractivity contribution >= 4 is 17.7 Å². The average molecular weight is 358 g/mol. The molecule has 0 saturated carbocycles. The highest BCUT2D eigenvalue weighted by atomic mass is 32.2. The summed E-state index contributed by atoms with van der Waals surface area (Å²) in [6, 6.07) is 13.9. The van der Waals surface area contributed by atoms with Crippen molar-refractivity contribution in [3.63, 3.8) is 0 Å². The summed E-state index contributed by atoms with van der Waals surface area (Å²) < 4.78 is 0. The summed E-state index contributed by atoms with van der Waals surface area (Å²) >= 11 is 1.46. The second kappa shape index (κ2) is 9.64. The molecule has 0 aromatic heterocycles. The third kappa shape index (κ3) is 6.22. The van der Waals surface area contributed by atoms with Crippen LogP contribution in [0.1, 0.15) is 33.9 Å². The summed E-state index contributed by atoms with van der Waals surface area (Å²) in [7, 11) is 0. The van der Waals surface area contributed by atoms with Crippen LogP contribution in [0.4, 0.5) is 0 Å². The van der Waals surface area contributed by atoms with E-state index in [1.54, 1.807) is 0 Å². The fraction of sp³-hybridized carbons (Fsp3) is 0.381. The maximum atomic E-state index is 12.0. The maximum absolute atomic E-state index is 12.0. The fourth-order valence-electron chi connectivity index (χ4n) is 3.02. The summed E-state index contributed by atoms with van der Waals surface area (Å²) in [5.74, 6) is 0.913. The highest BCUT2D eigenvalue weighted by molar-refractivity contribution is 7.99. The van der Waals surface area contributed by atoms with Crippen LogP contribution in [0.5, 0.6) is 0 Å². The van der Waals surface area contributed by atoms with Crippen LogP contribution in [0.25, 0.3) is 0 Å². The Bertz CT molecular complexity index is 677. The summed E-state index contributed by atoms with van der Waals surface area (Å²) in [4.78, 5) is 12.0. The Morgan fingerprint density at radius 2 is 1.76 bits per heavy atom. The third-order valence-electron chi connectivity index (χ3n) is 4.23. The molecular formula is C21H27NO2S. The molecule has 2 aromatic rings. The lowest BCUT2D eigenvalue weighted by atomic mass is 9.97. The zero-order valence-electron chi connectivity index (χ0n) is 15.2. The molecule has 1 atom stereocenters. The van der Waals surface area contributed by atoms with Crippen LogP contribution < -0.4 is 5.32 Å². The smallest absolute Gasteiger partial charge is 0.230 e. The minimum atomic E-state index is -0.531. The SMILES string of the molecule is Cc1cc(C)c(CCNC(=O)CSCC(O)c2ccccc2)c(C)c1. The van der Waals surface area contributed by atoms with Gasteiger partial charge in [-0.25, -0.2) is 0 Å². The van der Waals surface area contributed by atoms with Gasteiger partial charge in [0.2, 0.25) is 5.91 Å². The Kier molecular flexibility index (Phi) is 7.53. The van der Waals surface area contributed by atoms with E-state index in [0.29, 0.717) is 18.1 Å². The topological polar surface area (TPSA) is 49.3 Å². The molecule has 0 heterocycles. The largest absolute Gasteiger partial charge is 0.388 e. The van der Waals surface area contributed by atoms with Crippen LogP contribution >= 0.6 is 11.8 Å². The van der Waals surface area contributed by atoms with Gasteiger partial charge in [0.05, 0.1) is 11.9 Å². The van der Waals surface area contributed by atoms with Crippen LogP contribution in [0.2, 0.25) is 0 Å². The first-order valence-corrected chi connectivity index (χ1v) is 9.77. The van der Waals surface area contributed by atoms with Crippen LogP contribution in [-0.2, 0) is 11.2 Å². The van der Waals surface area contributed by atoms with Crippen molar-refractivity contribution in [2.75, 3.05) is 18.1 Å². The first kappa shape index (κ1) is 19.5. The molecular weight excluding hydrogens is 330 g/mol. The Hall–Kier alpha value is -1.78. The number of hydrogen-bond acceptors (Lipinski definition) is 3. The maximum Gasteiger partial charge on any atom is 0.230 e. The first-order chi connectivity index (χ1) is 12.0. The molecule has 0 aliphatic rings. The highest BCUT2D eigenvalue weighted by Gasteiger charge is 2.09. The van der Waals surface area contributed by atoms with Crippen molar-refractivity contribution in [1.82, 2.24) is 5.32 Å². The molecule has 2 rings (SSSR count). The van der Waals surface area contributed by atoms with Crippen LogP contribution in [-0.4, -0.2) is 29.1 Å². The molecule has 2 N–H and O–H groups in total. The predicted molar refractivity (Wildman–Crippen MR) is 106 cm³/mol. The van der Waals surface area contributed by atoms with Gasteiger partial charge in [0.15, 0.2) is 0 Å². The second-order valence-corrected chi connectivity index (χ2v) is 7.45. The lowest BCUT2D eigenvalue weighted by Gasteiger charge is -2.13. The second-order valence-electron chi connectivity index (χ2n) is 6.42. The molecule has 1 unspecified atom stereocenters. The van der Waals surface area contributed by atoms with Crippen molar-refractivity contribution in [2.45, 2.75) is 33.3 Å². The Morgan fingerprint density at radius 3 is 2.40 bits per heavy atom. The van der Waals surface area contributed by atoms with Crippen LogP contribution in [0.15, 0.2) is 42.5 Å². The number of carbonyl (C=O) groups excluding carboxylic acids is 1. The number of aryl methyl sites for hydroxylation is 3. The number of carbonyl (C=O) groups is 1. The van der Waals surface area contributed by atoms with Gasteiger partial charge in [-0.3, -0.25) is 4.79 Å². The molecule has 0 bridgehead atoms. The van der Waals surface area contributed by atoms with E-state index in [9.17, 15) is 9.90 Å². The minimum Gasteiger partial charge on any atom is -0.388 e. The third-order valence-corrected chi connectivity index (χ3v) is 5.25. The zero-order valence-corrected chi connectivity index (χ0v) is 16.0. The van der Waals surface area contributed by atoms with Gasteiger partial charge in [-0.1, -0.05) is 48.0 Å². The molecule has 0 fully saturated rings. The van der Waals surface area contributed by atoms with Crippen molar-refractivity contribution in [3.8, 4) is 0 Å². The zero-order chi connectivity index (χ0) is 18.2. The predicted octanol–water partition coefficient (Wildman–Crippen LogP) is 3.74. The summed E-state index contributed by atoms with van der Waals surface area (Å²) in [6.07, 6.45) is 0.318. The number of thioether (sulfide) groups is 1. The van der Waals surface area contributed by atoms with E-state index < -0.39 is 6.10 Å². The Morgan fingerprint density at radius 1 is 1.12 bits per heavy atom. The van der Waals surface area contributed by atoms with E-state index >= 15 is 0 Å². The Labute approximate surface area is 154 Å². The van der Waals surface area contributed by atoms with Crippen molar-refractivity contribution in [2.24, 2.45) is 0 Å². The van der Waals surface area contributed by atoms with E-state index in [4.69, 9.17) is 0 Å². The molecule has 4 heteroatoms. The van der Waals surface area contributed by atoms with Crippen LogP contribution in [0.3, 0.4) is 0 Å². The van der Waals surface area contributed by atoms with Gasteiger partial charge in [0.25, 0.3) is 0 Å². The molecule has 1 amide bonds. The van der Waals surface area contributed by atoms with E-state index in [1.165, 1.54) is 34.0 Å². The molecule has 0 radical (unpaired) electrons. The summed E-state index contributed by atoms with van der Waals surface area (Å²) in [5, 5.41) is 13.1. The number of nitrogens with one attached hydrogen (secondary N) is 1. The average Bonchev–Trinajstić information content (AvgIpc) is 2.58. The van der Waals surface area contributed by atoms with Gasteiger partial charge in [-0.2, -0.15) is 0 Å². The molecule has 25 heavy (non-hydrogen) atoms. The molecule has 0 aliphatic carbocycles. The van der Waals surface area contributed by atoms with E-state index in [2.05, 4.69) is 38.2 Å². The van der Waals surface area contributed by atoms with Crippen molar-refractivity contribution < 1.29 is 9.90 Å². The lowest BCUT2D eigenvalue weighted by molar-refractivity contribution is -0.118. The number of benzene rings is 2. The fourth-order valence-corrected chi connectivity index (χ4v) is 3.84. The van der Waals surface area contributed by atoms with E-state index in [0.717, 1.165) is 12.0 Å². The number of aliphatic hydroxyl groups is 1. The van der Waals surface area contributed by atoms with Crippen molar-refractivity contribution in [1.29, 1.82) is 0 Å². The molecule has 0 saturated heterocycles. The van der Waals surface area contributed by atoms with Gasteiger partial charge < -0.3 is 10.4 Å². The molecule has 0 spiro atoms. The lowest BCUT2D eigenvalue weighted by Crippen LogP contribution is -2.28. The highest BCUT2D eigenvalue weighted by Crippen LogP contribution is 2.18. The standard InChI is InChI=1S/C21H27NO2S/c1-15-11-16(2)19(17(3)12-15)9-10-22-21(24)14-25-13-20(23)18-7-5-4-6-8-18/h4-8,11-12,20,23H,9-10,13-14H2,1-3H3,(H,22,24). The monoisotopic (exact) mass is 357 g/mol. The van der Waals surface area contributed by atoms with Crippen LogP contribution in [0, 0.1) is 20.8 Å². The minimum absolute atomic E-state index is 0.0210. The van der Waals surface area contributed by atoms with Gasteiger partial charge >= 0.3 is 0 Å². The van der Waals surface area contributed by atoms with Gasteiger partial charge in [0.1, 0.15) is 0 Å². The van der Waals surface area contributed by atoms with E-state index in [-0.39, 0.29) is 5.91 Å². The van der Waals surface area contributed by atoms with E-state index in [1.807, 2.05) is 30.3 Å². The van der Waals surface area contributed by atoms with Crippen molar-refractivity contribution in [3.05, 3.63) is 70.3 Å². The normalized spacial score (nSPS) is 12.0. The number of rotatable bonds is 8. The van der Waals surface area contributed by atoms with Gasteiger partial charge in [0, 0.05) is 12.3 Å². The molecule has 134 valence electrons. The number of hydrogen-bond donors (Lipinski definition) is 2.